The largest absolute Gasteiger partial charge is 0.493 e. The molecule has 188 valence electrons. The molecule has 1 heterocycles. The molecule has 0 fully saturated rings. The summed E-state index contributed by atoms with van der Waals surface area (Å²) in [5.74, 6) is 0.355. The SMILES string of the molecule is COc1cc(CNc2ccc(-c3nc4ccc(C)cc4s3)cc2)cc(Cl)c1OCc1c(F)cccc1Cl. The number of rotatable bonds is 8. The summed E-state index contributed by atoms with van der Waals surface area (Å²) < 4.78 is 26.6. The third-order valence-corrected chi connectivity index (χ3v) is 7.59. The molecule has 0 spiro atoms. The first-order valence-corrected chi connectivity index (χ1v) is 13.1. The lowest BCUT2D eigenvalue weighted by molar-refractivity contribution is 0.280. The van der Waals surface area contributed by atoms with Crippen LogP contribution in [-0.4, -0.2) is 12.1 Å². The lowest BCUT2D eigenvalue weighted by Crippen LogP contribution is -2.04. The minimum atomic E-state index is -0.437. The van der Waals surface area contributed by atoms with Gasteiger partial charge in [0.1, 0.15) is 17.4 Å². The molecule has 0 amide bonds. The average Bonchev–Trinajstić information content (AvgIpc) is 3.31. The highest BCUT2D eigenvalue weighted by molar-refractivity contribution is 7.21. The van der Waals surface area contributed by atoms with Crippen LogP contribution < -0.4 is 14.8 Å². The fraction of sp³-hybridized carbons (Fsp3) is 0.138. The van der Waals surface area contributed by atoms with E-state index in [0.29, 0.717) is 28.1 Å². The van der Waals surface area contributed by atoms with Gasteiger partial charge in [-0.15, -0.1) is 11.3 Å². The van der Waals surface area contributed by atoms with E-state index in [1.165, 1.54) is 23.4 Å². The molecule has 0 bridgehead atoms. The minimum Gasteiger partial charge on any atom is -0.493 e. The van der Waals surface area contributed by atoms with Gasteiger partial charge in [0.05, 0.1) is 27.4 Å². The Bertz CT molecular complexity index is 1550. The summed E-state index contributed by atoms with van der Waals surface area (Å²) in [6, 6.07) is 22.6. The molecule has 0 saturated heterocycles. The summed E-state index contributed by atoms with van der Waals surface area (Å²) in [6.07, 6.45) is 0. The van der Waals surface area contributed by atoms with Crippen LogP contribution in [0.5, 0.6) is 11.5 Å². The van der Waals surface area contributed by atoms with Crippen molar-refractivity contribution in [2.45, 2.75) is 20.1 Å². The smallest absolute Gasteiger partial charge is 0.180 e. The lowest BCUT2D eigenvalue weighted by atomic mass is 10.1. The van der Waals surface area contributed by atoms with Crippen LogP contribution in [-0.2, 0) is 13.2 Å². The van der Waals surface area contributed by atoms with Gasteiger partial charge in [-0.25, -0.2) is 9.37 Å². The second-order valence-corrected chi connectivity index (χ2v) is 10.4. The Balaban J connectivity index is 1.26. The molecule has 1 N–H and O–H groups in total. The standard InChI is InChI=1S/C29H23Cl2FN2O2S/c1-17-6-11-25-27(12-17)37-29(34-25)19-7-9-20(10-8-19)33-15-18-13-23(31)28(26(14-18)35-2)36-16-21-22(30)4-3-5-24(21)32/h3-14,33H,15-16H2,1-2H3. The number of anilines is 1. The number of benzene rings is 4. The van der Waals surface area contributed by atoms with Crippen LogP contribution in [0.1, 0.15) is 16.7 Å². The first kappa shape index (κ1) is 25.3. The number of aryl methyl sites for hydroxylation is 1. The Morgan fingerprint density at radius 1 is 0.973 bits per heavy atom. The highest BCUT2D eigenvalue weighted by Crippen LogP contribution is 2.38. The Morgan fingerprint density at radius 2 is 1.78 bits per heavy atom. The minimum absolute atomic E-state index is 0.0696. The number of hydrogen-bond donors (Lipinski definition) is 1. The van der Waals surface area contributed by atoms with Crippen LogP contribution >= 0.6 is 34.5 Å². The second-order valence-electron chi connectivity index (χ2n) is 8.52. The van der Waals surface area contributed by atoms with E-state index in [4.69, 9.17) is 37.7 Å². The molecule has 0 aliphatic carbocycles. The third-order valence-electron chi connectivity index (χ3n) is 5.88. The van der Waals surface area contributed by atoms with Crippen molar-refractivity contribution >= 4 is 50.4 Å². The van der Waals surface area contributed by atoms with Crippen molar-refractivity contribution in [1.82, 2.24) is 4.98 Å². The highest BCUT2D eigenvalue weighted by atomic mass is 35.5. The fourth-order valence-corrected chi connectivity index (χ4v) is 5.49. The van der Waals surface area contributed by atoms with Crippen LogP contribution in [0.4, 0.5) is 10.1 Å². The Hall–Kier alpha value is -3.32. The molecule has 4 aromatic carbocycles. The predicted molar refractivity (Wildman–Crippen MR) is 151 cm³/mol. The van der Waals surface area contributed by atoms with Gasteiger partial charge in [-0.2, -0.15) is 0 Å². The summed E-state index contributed by atoms with van der Waals surface area (Å²) in [5.41, 5.74) is 5.45. The summed E-state index contributed by atoms with van der Waals surface area (Å²) in [7, 11) is 1.54. The van der Waals surface area contributed by atoms with Crippen molar-refractivity contribution in [3.8, 4) is 22.1 Å². The zero-order valence-corrected chi connectivity index (χ0v) is 22.5. The molecule has 0 radical (unpaired) electrons. The van der Waals surface area contributed by atoms with E-state index < -0.39 is 5.82 Å². The van der Waals surface area contributed by atoms with Crippen LogP contribution in [0.2, 0.25) is 10.0 Å². The number of hydrogen-bond acceptors (Lipinski definition) is 5. The Kier molecular flexibility index (Phi) is 7.51. The molecule has 4 nitrogen and oxygen atoms in total. The Morgan fingerprint density at radius 3 is 2.54 bits per heavy atom. The Labute approximate surface area is 228 Å². The van der Waals surface area contributed by atoms with Gasteiger partial charge in [0.2, 0.25) is 0 Å². The number of nitrogens with one attached hydrogen (secondary N) is 1. The second kappa shape index (κ2) is 11.0. The molecule has 0 aliphatic heterocycles. The summed E-state index contributed by atoms with van der Waals surface area (Å²) in [6.45, 7) is 2.54. The normalized spacial score (nSPS) is 11.1. The van der Waals surface area contributed by atoms with Crippen molar-refractivity contribution in [2.24, 2.45) is 0 Å². The van der Waals surface area contributed by atoms with Crippen molar-refractivity contribution in [1.29, 1.82) is 0 Å². The number of aromatic nitrogens is 1. The first-order chi connectivity index (χ1) is 17.9. The van der Waals surface area contributed by atoms with Crippen molar-refractivity contribution in [3.05, 3.63) is 105 Å². The fourth-order valence-electron chi connectivity index (χ4n) is 3.92. The van der Waals surface area contributed by atoms with E-state index in [2.05, 4.69) is 42.6 Å². The molecule has 1 aromatic heterocycles. The summed E-state index contributed by atoms with van der Waals surface area (Å²) in [4.78, 5) is 4.76. The van der Waals surface area contributed by atoms with Gasteiger partial charge in [-0.1, -0.05) is 35.3 Å². The third kappa shape index (κ3) is 5.67. The summed E-state index contributed by atoms with van der Waals surface area (Å²) >= 11 is 14.3. The van der Waals surface area contributed by atoms with Gasteiger partial charge < -0.3 is 14.8 Å². The van der Waals surface area contributed by atoms with E-state index >= 15 is 0 Å². The maximum Gasteiger partial charge on any atom is 0.180 e. The van der Waals surface area contributed by atoms with E-state index in [1.54, 1.807) is 29.5 Å². The maximum atomic E-state index is 14.1. The van der Waals surface area contributed by atoms with Crippen LogP contribution in [0.15, 0.2) is 72.8 Å². The van der Waals surface area contributed by atoms with E-state index in [-0.39, 0.29) is 12.2 Å². The monoisotopic (exact) mass is 552 g/mol. The molecule has 0 unspecified atom stereocenters. The zero-order valence-electron chi connectivity index (χ0n) is 20.1. The molecule has 0 saturated carbocycles. The molecule has 5 aromatic rings. The number of thiazole rings is 1. The van der Waals surface area contributed by atoms with Gasteiger partial charge in [0.15, 0.2) is 11.5 Å². The molecular formula is C29H23Cl2FN2O2S. The molecule has 0 aliphatic rings. The highest BCUT2D eigenvalue weighted by Gasteiger charge is 2.15. The van der Waals surface area contributed by atoms with Gasteiger partial charge in [-0.05, 0) is 78.7 Å². The topological polar surface area (TPSA) is 43.4 Å². The number of halogens is 3. The number of nitrogens with zero attached hydrogens (tertiary/aromatic N) is 1. The van der Waals surface area contributed by atoms with Gasteiger partial charge in [-0.3, -0.25) is 0 Å². The van der Waals surface area contributed by atoms with Crippen LogP contribution in [0.25, 0.3) is 20.8 Å². The van der Waals surface area contributed by atoms with Crippen LogP contribution in [0.3, 0.4) is 0 Å². The van der Waals surface area contributed by atoms with Crippen LogP contribution in [0, 0.1) is 12.7 Å². The van der Waals surface area contributed by atoms with E-state index in [1.807, 2.05) is 18.2 Å². The first-order valence-electron chi connectivity index (χ1n) is 11.5. The van der Waals surface area contributed by atoms with Crippen molar-refractivity contribution < 1.29 is 13.9 Å². The van der Waals surface area contributed by atoms with Crippen molar-refractivity contribution in [2.75, 3.05) is 12.4 Å². The molecule has 0 atom stereocenters. The summed E-state index contributed by atoms with van der Waals surface area (Å²) in [5, 5.41) is 5.06. The van der Waals surface area contributed by atoms with Gasteiger partial charge >= 0.3 is 0 Å². The average molecular weight is 553 g/mol. The van der Waals surface area contributed by atoms with E-state index in [0.717, 1.165) is 27.3 Å². The number of fused-ring (bicyclic) bond motifs is 1. The number of ether oxygens (including phenoxy) is 2. The van der Waals surface area contributed by atoms with E-state index in [9.17, 15) is 4.39 Å². The van der Waals surface area contributed by atoms with Gasteiger partial charge in [0.25, 0.3) is 0 Å². The zero-order chi connectivity index (χ0) is 25.9. The van der Waals surface area contributed by atoms with Crippen molar-refractivity contribution in [3.63, 3.8) is 0 Å². The number of methoxy groups -OCH3 is 1. The molecule has 37 heavy (non-hydrogen) atoms. The molecular weight excluding hydrogens is 530 g/mol. The van der Waals surface area contributed by atoms with Gasteiger partial charge in [0, 0.05) is 23.4 Å². The predicted octanol–water partition coefficient (Wildman–Crippen LogP) is 8.92. The maximum absolute atomic E-state index is 14.1. The molecule has 5 rings (SSSR count). The quantitative estimate of drug-likeness (QED) is 0.208. The lowest BCUT2D eigenvalue weighted by Gasteiger charge is -2.16. The molecule has 8 heteroatoms.